The summed E-state index contributed by atoms with van der Waals surface area (Å²) >= 11 is 1.61. The second kappa shape index (κ2) is 5.20. The van der Waals surface area contributed by atoms with Crippen LogP contribution in [0.1, 0.15) is 11.1 Å². The van der Waals surface area contributed by atoms with Crippen LogP contribution in [0.25, 0.3) is 10.6 Å². The third-order valence-corrected chi connectivity index (χ3v) is 3.78. The van der Waals surface area contributed by atoms with Crippen molar-refractivity contribution in [2.24, 2.45) is 0 Å². The Morgan fingerprint density at radius 3 is 2.68 bits per heavy atom. The molecule has 0 spiro atoms. The van der Waals surface area contributed by atoms with E-state index in [0.717, 1.165) is 21.7 Å². The molecule has 0 bridgehead atoms. The third-order valence-electron chi connectivity index (χ3n) is 2.89. The quantitative estimate of drug-likeness (QED) is 0.793. The van der Waals surface area contributed by atoms with Gasteiger partial charge in [-0.3, -0.25) is 4.79 Å². The highest BCUT2D eigenvalue weighted by Gasteiger charge is 2.06. The zero-order valence-corrected chi connectivity index (χ0v) is 11.0. The predicted octanol–water partition coefficient (Wildman–Crippen LogP) is 3.09. The Morgan fingerprint density at radius 1 is 1.11 bits per heavy atom. The van der Waals surface area contributed by atoms with Gasteiger partial charge in [0.2, 0.25) is 0 Å². The van der Waals surface area contributed by atoms with Crippen molar-refractivity contribution in [1.29, 1.82) is 0 Å². The highest BCUT2D eigenvalue weighted by molar-refractivity contribution is 7.13. The smallest absolute Gasteiger partial charge is 0.267 e. The molecular formula is C15H12N2OS. The standard InChI is InChI=1S/C15H12N2OS/c18-15-12(9-11-5-2-1-3-6-11)10-13(16-17-15)14-7-4-8-19-14/h1-8,10H,9H2,(H,17,18). The molecule has 0 aliphatic heterocycles. The van der Waals surface area contributed by atoms with Crippen LogP contribution in [0.5, 0.6) is 0 Å². The Bertz CT molecular complexity index is 717. The monoisotopic (exact) mass is 268 g/mol. The van der Waals surface area contributed by atoms with Gasteiger partial charge in [-0.15, -0.1) is 11.3 Å². The Balaban J connectivity index is 1.97. The van der Waals surface area contributed by atoms with E-state index in [-0.39, 0.29) is 5.56 Å². The summed E-state index contributed by atoms with van der Waals surface area (Å²) in [5.41, 5.74) is 2.56. The van der Waals surface area contributed by atoms with E-state index < -0.39 is 0 Å². The van der Waals surface area contributed by atoms with Crippen LogP contribution in [-0.4, -0.2) is 10.2 Å². The first-order valence-electron chi connectivity index (χ1n) is 5.99. The van der Waals surface area contributed by atoms with E-state index in [1.165, 1.54) is 0 Å². The van der Waals surface area contributed by atoms with E-state index in [4.69, 9.17) is 0 Å². The van der Waals surface area contributed by atoms with Gasteiger partial charge < -0.3 is 0 Å². The van der Waals surface area contributed by atoms with Gasteiger partial charge in [-0.05, 0) is 23.1 Å². The van der Waals surface area contributed by atoms with E-state index in [1.54, 1.807) is 11.3 Å². The van der Waals surface area contributed by atoms with Crippen LogP contribution in [0.3, 0.4) is 0 Å². The molecule has 0 saturated carbocycles. The fourth-order valence-corrected chi connectivity index (χ4v) is 2.63. The number of hydrogen-bond acceptors (Lipinski definition) is 3. The minimum atomic E-state index is -0.121. The maximum Gasteiger partial charge on any atom is 0.267 e. The second-order valence-corrected chi connectivity index (χ2v) is 5.19. The van der Waals surface area contributed by atoms with E-state index >= 15 is 0 Å². The maximum atomic E-state index is 11.8. The molecule has 94 valence electrons. The molecule has 3 rings (SSSR count). The van der Waals surface area contributed by atoms with Gasteiger partial charge in [0.05, 0.1) is 4.88 Å². The van der Waals surface area contributed by atoms with Crippen LogP contribution in [0.2, 0.25) is 0 Å². The molecule has 1 aromatic carbocycles. The minimum Gasteiger partial charge on any atom is -0.268 e. The van der Waals surface area contributed by atoms with E-state index in [1.807, 2.05) is 53.9 Å². The molecule has 3 nitrogen and oxygen atoms in total. The van der Waals surface area contributed by atoms with Gasteiger partial charge in [0.25, 0.3) is 5.56 Å². The summed E-state index contributed by atoms with van der Waals surface area (Å²) in [7, 11) is 0. The first kappa shape index (κ1) is 11.9. The zero-order chi connectivity index (χ0) is 13.1. The minimum absolute atomic E-state index is 0.121. The number of nitrogens with one attached hydrogen (secondary N) is 1. The first-order chi connectivity index (χ1) is 9.33. The lowest BCUT2D eigenvalue weighted by Gasteiger charge is -2.02. The molecule has 0 atom stereocenters. The van der Waals surface area contributed by atoms with E-state index in [2.05, 4.69) is 10.2 Å². The highest BCUT2D eigenvalue weighted by atomic mass is 32.1. The number of benzene rings is 1. The maximum absolute atomic E-state index is 11.8. The molecule has 0 aliphatic carbocycles. The molecular weight excluding hydrogens is 256 g/mol. The summed E-state index contributed by atoms with van der Waals surface area (Å²) in [6, 6.07) is 15.8. The second-order valence-electron chi connectivity index (χ2n) is 4.25. The van der Waals surface area contributed by atoms with Crippen LogP contribution < -0.4 is 5.56 Å². The van der Waals surface area contributed by atoms with Crippen molar-refractivity contribution in [3.8, 4) is 10.6 Å². The van der Waals surface area contributed by atoms with Gasteiger partial charge in [-0.2, -0.15) is 5.10 Å². The normalized spacial score (nSPS) is 10.5. The molecule has 0 fully saturated rings. The lowest BCUT2D eigenvalue weighted by molar-refractivity contribution is 0.957. The van der Waals surface area contributed by atoms with Gasteiger partial charge in [-0.25, -0.2) is 5.10 Å². The van der Waals surface area contributed by atoms with Crippen LogP contribution in [-0.2, 0) is 6.42 Å². The van der Waals surface area contributed by atoms with Crippen molar-refractivity contribution >= 4 is 11.3 Å². The van der Waals surface area contributed by atoms with Gasteiger partial charge in [0.1, 0.15) is 5.69 Å². The van der Waals surface area contributed by atoms with Crippen LogP contribution >= 0.6 is 11.3 Å². The van der Waals surface area contributed by atoms with Gasteiger partial charge in [0.15, 0.2) is 0 Å². The van der Waals surface area contributed by atoms with Gasteiger partial charge >= 0.3 is 0 Å². The van der Waals surface area contributed by atoms with E-state index in [0.29, 0.717) is 6.42 Å². The molecule has 3 aromatic rings. The van der Waals surface area contributed by atoms with Crippen LogP contribution in [0.4, 0.5) is 0 Å². The summed E-state index contributed by atoms with van der Waals surface area (Å²) in [5.74, 6) is 0. The number of rotatable bonds is 3. The fraction of sp³-hybridized carbons (Fsp3) is 0.0667. The average molecular weight is 268 g/mol. The Morgan fingerprint density at radius 2 is 1.95 bits per heavy atom. The highest BCUT2D eigenvalue weighted by Crippen LogP contribution is 2.22. The molecule has 4 heteroatoms. The lowest BCUT2D eigenvalue weighted by Crippen LogP contribution is -2.14. The average Bonchev–Trinajstić information content (AvgIpc) is 2.96. The largest absolute Gasteiger partial charge is 0.268 e. The number of hydrogen-bond donors (Lipinski definition) is 1. The molecule has 0 unspecified atom stereocenters. The van der Waals surface area contributed by atoms with Crippen LogP contribution in [0, 0.1) is 0 Å². The van der Waals surface area contributed by atoms with Crippen LogP contribution in [0.15, 0.2) is 58.7 Å². The molecule has 0 saturated heterocycles. The summed E-state index contributed by atoms with van der Waals surface area (Å²) in [6.45, 7) is 0. The number of H-pyrrole nitrogens is 1. The predicted molar refractivity (Wildman–Crippen MR) is 77.4 cm³/mol. The zero-order valence-electron chi connectivity index (χ0n) is 10.2. The molecule has 19 heavy (non-hydrogen) atoms. The topological polar surface area (TPSA) is 45.8 Å². The lowest BCUT2D eigenvalue weighted by atomic mass is 10.1. The number of aromatic nitrogens is 2. The van der Waals surface area contributed by atoms with Crippen molar-refractivity contribution < 1.29 is 0 Å². The fourth-order valence-electron chi connectivity index (χ4n) is 1.94. The summed E-state index contributed by atoms with van der Waals surface area (Å²) in [4.78, 5) is 12.9. The Hall–Kier alpha value is -2.20. The summed E-state index contributed by atoms with van der Waals surface area (Å²) < 4.78 is 0. The Kier molecular flexibility index (Phi) is 3.25. The van der Waals surface area contributed by atoms with Crippen molar-refractivity contribution in [1.82, 2.24) is 10.2 Å². The molecule has 0 aliphatic rings. The third kappa shape index (κ3) is 2.63. The Labute approximate surface area is 114 Å². The first-order valence-corrected chi connectivity index (χ1v) is 6.87. The van der Waals surface area contributed by atoms with Crippen molar-refractivity contribution in [2.45, 2.75) is 6.42 Å². The molecule has 2 heterocycles. The van der Waals surface area contributed by atoms with Crippen molar-refractivity contribution in [3.63, 3.8) is 0 Å². The van der Waals surface area contributed by atoms with Gasteiger partial charge in [-0.1, -0.05) is 36.4 Å². The molecule has 1 N–H and O–H groups in total. The SMILES string of the molecule is O=c1[nH]nc(-c2cccs2)cc1Cc1ccccc1. The number of aromatic amines is 1. The van der Waals surface area contributed by atoms with Gasteiger partial charge in [0, 0.05) is 12.0 Å². The molecule has 2 aromatic heterocycles. The summed E-state index contributed by atoms with van der Waals surface area (Å²) in [6.07, 6.45) is 0.622. The number of thiophene rings is 1. The molecule has 0 amide bonds. The van der Waals surface area contributed by atoms with Crippen molar-refractivity contribution in [2.75, 3.05) is 0 Å². The summed E-state index contributed by atoms with van der Waals surface area (Å²) in [5, 5.41) is 8.67. The number of nitrogens with zero attached hydrogens (tertiary/aromatic N) is 1. The van der Waals surface area contributed by atoms with E-state index in [9.17, 15) is 4.79 Å². The molecule has 0 radical (unpaired) electrons. The van der Waals surface area contributed by atoms with Crippen molar-refractivity contribution in [3.05, 3.63) is 75.4 Å².